The lowest BCUT2D eigenvalue weighted by atomic mass is 10.2. The summed E-state index contributed by atoms with van der Waals surface area (Å²) < 4.78 is 5.72. The van der Waals surface area contributed by atoms with Gasteiger partial charge in [-0.05, 0) is 31.6 Å². The SMILES string of the molecule is CCCNCCc1nnc(C2CCCCS2)o1. The molecule has 1 N–H and O–H groups in total. The van der Waals surface area contributed by atoms with E-state index in [9.17, 15) is 0 Å². The summed E-state index contributed by atoms with van der Waals surface area (Å²) in [6, 6.07) is 0. The zero-order valence-corrected chi connectivity index (χ0v) is 11.3. The van der Waals surface area contributed by atoms with Crippen LogP contribution in [0.3, 0.4) is 0 Å². The van der Waals surface area contributed by atoms with Crippen molar-refractivity contribution in [2.45, 2.75) is 44.3 Å². The molecule has 1 aliphatic heterocycles. The Hall–Kier alpha value is -0.550. The topological polar surface area (TPSA) is 51.0 Å². The van der Waals surface area contributed by atoms with Gasteiger partial charge in [0.25, 0.3) is 0 Å². The molecule has 1 fully saturated rings. The Balaban J connectivity index is 1.78. The van der Waals surface area contributed by atoms with Crippen LogP contribution in [0.2, 0.25) is 0 Å². The van der Waals surface area contributed by atoms with Gasteiger partial charge in [-0.2, -0.15) is 0 Å². The highest BCUT2D eigenvalue weighted by molar-refractivity contribution is 7.99. The van der Waals surface area contributed by atoms with Crippen molar-refractivity contribution in [3.8, 4) is 0 Å². The van der Waals surface area contributed by atoms with Gasteiger partial charge in [-0.3, -0.25) is 0 Å². The molecule has 0 saturated carbocycles. The molecule has 2 heterocycles. The molecule has 0 spiro atoms. The molecule has 2 rings (SSSR count). The second-order valence-corrected chi connectivity index (χ2v) is 5.70. The Labute approximate surface area is 107 Å². The lowest BCUT2D eigenvalue weighted by Gasteiger charge is -2.17. The first-order valence-electron chi connectivity index (χ1n) is 6.54. The van der Waals surface area contributed by atoms with Gasteiger partial charge in [-0.15, -0.1) is 22.0 Å². The van der Waals surface area contributed by atoms with Crippen LogP contribution in [0.5, 0.6) is 0 Å². The maximum atomic E-state index is 5.72. The lowest BCUT2D eigenvalue weighted by Crippen LogP contribution is -2.17. The van der Waals surface area contributed by atoms with E-state index in [0.717, 1.165) is 37.7 Å². The van der Waals surface area contributed by atoms with Crippen molar-refractivity contribution < 1.29 is 4.42 Å². The molecule has 1 unspecified atom stereocenters. The van der Waals surface area contributed by atoms with Crippen LogP contribution < -0.4 is 5.32 Å². The fraction of sp³-hybridized carbons (Fsp3) is 0.833. The monoisotopic (exact) mass is 255 g/mol. The fourth-order valence-corrected chi connectivity index (χ4v) is 3.16. The summed E-state index contributed by atoms with van der Waals surface area (Å²) >= 11 is 1.95. The zero-order valence-electron chi connectivity index (χ0n) is 10.4. The molecule has 1 aromatic heterocycles. The van der Waals surface area contributed by atoms with Gasteiger partial charge < -0.3 is 9.73 Å². The lowest BCUT2D eigenvalue weighted by molar-refractivity contribution is 0.431. The average Bonchev–Trinajstić information content (AvgIpc) is 2.85. The predicted octanol–water partition coefficient (Wildman–Crippen LogP) is 2.57. The second-order valence-electron chi connectivity index (χ2n) is 4.39. The number of aromatic nitrogens is 2. The Kier molecular flexibility index (Phi) is 5.32. The third kappa shape index (κ3) is 4.00. The van der Waals surface area contributed by atoms with Crippen molar-refractivity contribution in [1.29, 1.82) is 0 Å². The third-order valence-corrected chi connectivity index (χ3v) is 4.24. The van der Waals surface area contributed by atoms with Crippen LogP contribution in [0.1, 0.15) is 49.6 Å². The largest absolute Gasteiger partial charge is 0.424 e. The van der Waals surface area contributed by atoms with Crippen molar-refractivity contribution in [3.63, 3.8) is 0 Å². The smallest absolute Gasteiger partial charge is 0.229 e. The molecule has 4 nitrogen and oxygen atoms in total. The summed E-state index contributed by atoms with van der Waals surface area (Å²) in [7, 11) is 0. The van der Waals surface area contributed by atoms with Crippen molar-refractivity contribution >= 4 is 11.8 Å². The summed E-state index contributed by atoms with van der Waals surface area (Å²) in [5.74, 6) is 2.83. The first-order chi connectivity index (χ1) is 8.40. The minimum absolute atomic E-state index is 0.439. The summed E-state index contributed by atoms with van der Waals surface area (Å²) in [5.41, 5.74) is 0. The number of hydrogen-bond donors (Lipinski definition) is 1. The van der Waals surface area contributed by atoms with Crippen LogP contribution in [0.4, 0.5) is 0 Å². The van der Waals surface area contributed by atoms with Gasteiger partial charge in [0, 0.05) is 13.0 Å². The molecule has 0 radical (unpaired) electrons. The van der Waals surface area contributed by atoms with E-state index in [-0.39, 0.29) is 0 Å². The molecule has 5 heteroatoms. The van der Waals surface area contributed by atoms with E-state index < -0.39 is 0 Å². The first kappa shape index (κ1) is 12.9. The number of rotatable bonds is 6. The Morgan fingerprint density at radius 3 is 3.06 bits per heavy atom. The van der Waals surface area contributed by atoms with E-state index in [1.165, 1.54) is 25.0 Å². The van der Waals surface area contributed by atoms with Crippen LogP contribution in [0, 0.1) is 0 Å². The van der Waals surface area contributed by atoms with Gasteiger partial charge in [-0.1, -0.05) is 13.3 Å². The highest BCUT2D eigenvalue weighted by Gasteiger charge is 2.21. The van der Waals surface area contributed by atoms with E-state index in [4.69, 9.17) is 4.42 Å². The van der Waals surface area contributed by atoms with E-state index in [1.54, 1.807) is 0 Å². The molecule has 1 aliphatic rings. The predicted molar refractivity (Wildman–Crippen MR) is 70.2 cm³/mol. The fourth-order valence-electron chi connectivity index (χ4n) is 1.93. The summed E-state index contributed by atoms with van der Waals surface area (Å²) in [6.45, 7) is 4.14. The quantitative estimate of drug-likeness (QED) is 0.792. The Morgan fingerprint density at radius 2 is 2.29 bits per heavy atom. The standard InChI is InChI=1S/C12H21N3OS/c1-2-7-13-8-6-11-14-15-12(16-11)10-5-3-4-9-17-10/h10,13H,2-9H2,1H3. The van der Waals surface area contributed by atoms with Crippen molar-refractivity contribution in [2.24, 2.45) is 0 Å². The molecule has 0 aliphatic carbocycles. The molecule has 1 atom stereocenters. The minimum atomic E-state index is 0.439. The van der Waals surface area contributed by atoms with Crippen molar-refractivity contribution in [3.05, 3.63) is 11.8 Å². The molecule has 1 saturated heterocycles. The highest BCUT2D eigenvalue weighted by atomic mass is 32.2. The average molecular weight is 255 g/mol. The molecule has 0 aromatic carbocycles. The van der Waals surface area contributed by atoms with Gasteiger partial charge in [0.2, 0.25) is 11.8 Å². The highest BCUT2D eigenvalue weighted by Crippen LogP contribution is 2.37. The molecular formula is C12H21N3OS. The molecule has 0 amide bonds. The maximum absolute atomic E-state index is 5.72. The molecule has 17 heavy (non-hydrogen) atoms. The number of nitrogens with one attached hydrogen (secondary N) is 1. The molecular weight excluding hydrogens is 234 g/mol. The van der Waals surface area contributed by atoms with E-state index in [0.29, 0.717) is 5.25 Å². The molecule has 96 valence electrons. The van der Waals surface area contributed by atoms with E-state index >= 15 is 0 Å². The molecule has 0 bridgehead atoms. The normalized spacial score (nSPS) is 20.6. The van der Waals surface area contributed by atoms with Gasteiger partial charge >= 0.3 is 0 Å². The van der Waals surface area contributed by atoms with Crippen LogP contribution in [0.25, 0.3) is 0 Å². The summed E-state index contributed by atoms with van der Waals surface area (Å²) in [6.07, 6.45) is 5.79. The second kappa shape index (κ2) is 7.01. The number of nitrogens with zero attached hydrogens (tertiary/aromatic N) is 2. The minimum Gasteiger partial charge on any atom is -0.424 e. The summed E-state index contributed by atoms with van der Waals surface area (Å²) in [5, 5.41) is 12.1. The number of hydrogen-bond acceptors (Lipinski definition) is 5. The van der Waals surface area contributed by atoms with Crippen molar-refractivity contribution in [2.75, 3.05) is 18.8 Å². The van der Waals surface area contributed by atoms with Gasteiger partial charge in [0.05, 0.1) is 5.25 Å². The summed E-state index contributed by atoms with van der Waals surface area (Å²) in [4.78, 5) is 0. The maximum Gasteiger partial charge on any atom is 0.229 e. The third-order valence-electron chi connectivity index (χ3n) is 2.88. The van der Waals surface area contributed by atoms with Crippen LogP contribution in [0.15, 0.2) is 4.42 Å². The van der Waals surface area contributed by atoms with Crippen molar-refractivity contribution in [1.82, 2.24) is 15.5 Å². The van der Waals surface area contributed by atoms with E-state index in [2.05, 4.69) is 22.4 Å². The zero-order chi connectivity index (χ0) is 11.9. The first-order valence-corrected chi connectivity index (χ1v) is 7.59. The van der Waals surface area contributed by atoms with Gasteiger partial charge in [0.15, 0.2) is 0 Å². The van der Waals surface area contributed by atoms with Crippen LogP contribution in [-0.2, 0) is 6.42 Å². The van der Waals surface area contributed by atoms with Gasteiger partial charge in [-0.25, -0.2) is 0 Å². The Morgan fingerprint density at radius 1 is 1.35 bits per heavy atom. The number of thioether (sulfide) groups is 1. The van der Waals surface area contributed by atoms with E-state index in [1.807, 2.05) is 11.8 Å². The van der Waals surface area contributed by atoms with Gasteiger partial charge in [0.1, 0.15) is 0 Å². The van der Waals surface area contributed by atoms with Crippen LogP contribution >= 0.6 is 11.8 Å². The molecule has 1 aromatic rings. The Bertz CT molecular complexity index is 323. The van der Waals surface area contributed by atoms with Crippen LogP contribution in [-0.4, -0.2) is 29.0 Å².